The van der Waals surface area contributed by atoms with Gasteiger partial charge in [-0.2, -0.15) is 0 Å². The van der Waals surface area contributed by atoms with Crippen molar-refractivity contribution in [2.75, 3.05) is 18.5 Å². The molecule has 0 aliphatic rings. The van der Waals surface area contributed by atoms with Crippen molar-refractivity contribution >= 4 is 22.9 Å². The van der Waals surface area contributed by atoms with E-state index in [9.17, 15) is 4.79 Å². The molecule has 3 N–H and O–H groups in total. The molecule has 1 aromatic heterocycles. The molecule has 0 fully saturated rings. The van der Waals surface area contributed by atoms with Crippen LogP contribution in [0, 0.1) is 6.92 Å². The number of nitrogens with one attached hydrogen (secondary N) is 2. The van der Waals surface area contributed by atoms with Crippen molar-refractivity contribution < 1.29 is 9.90 Å². The molecule has 1 amide bonds. The third kappa shape index (κ3) is 3.55. The van der Waals surface area contributed by atoms with Crippen LogP contribution in [0.1, 0.15) is 20.9 Å². The smallest absolute Gasteiger partial charge is 0.251 e. The van der Waals surface area contributed by atoms with Crippen molar-refractivity contribution in [1.82, 2.24) is 10.3 Å². The van der Waals surface area contributed by atoms with E-state index in [0.29, 0.717) is 12.1 Å². The average molecular weight is 291 g/mol. The van der Waals surface area contributed by atoms with E-state index in [0.717, 1.165) is 16.3 Å². The quantitative estimate of drug-likeness (QED) is 0.758. The number of amides is 1. The van der Waals surface area contributed by atoms with Gasteiger partial charge in [0.2, 0.25) is 0 Å². The Morgan fingerprint density at radius 2 is 2.30 bits per heavy atom. The molecule has 6 heteroatoms. The maximum absolute atomic E-state index is 11.9. The van der Waals surface area contributed by atoms with Crippen LogP contribution in [0.2, 0.25) is 0 Å². The molecule has 1 aromatic carbocycles. The summed E-state index contributed by atoms with van der Waals surface area (Å²) in [4.78, 5) is 16.2. The second-order valence-electron chi connectivity index (χ2n) is 4.24. The van der Waals surface area contributed by atoms with E-state index in [-0.39, 0.29) is 19.1 Å². The zero-order valence-corrected chi connectivity index (χ0v) is 12.0. The second kappa shape index (κ2) is 7.02. The van der Waals surface area contributed by atoms with Crippen LogP contribution in [0.25, 0.3) is 0 Å². The van der Waals surface area contributed by atoms with Gasteiger partial charge >= 0.3 is 0 Å². The Bertz CT molecular complexity index is 570. The van der Waals surface area contributed by atoms with E-state index in [1.54, 1.807) is 23.6 Å². The molecule has 5 nitrogen and oxygen atoms in total. The summed E-state index contributed by atoms with van der Waals surface area (Å²) in [6.45, 7) is 2.74. The van der Waals surface area contributed by atoms with Gasteiger partial charge in [0.1, 0.15) is 5.01 Å². The number of carbonyl (C=O) groups is 1. The number of aliphatic hydroxyl groups is 1. The summed E-state index contributed by atoms with van der Waals surface area (Å²) >= 11 is 1.59. The lowest BCUT2D eigenvalue weighted by Gasteiger charge is -2.12. The number of nitrogens with zero attached hydrogens (tertiary/aromatic N) is 1. The van der Waals surface area contributed by atoms with Gasteiger partial charge in [0, 0.05) is 29.4 Å². The molecule has 0 bridgehead atoms. The fraction of sp³-hybridized carbons (Fsp3) is 0.286. The van der Waals surface area contributed by atoms with E-state index in [1.165, 1.54) is 0 Å². The number of benzene rings is 1. The fourth-order valence-corrected chi connectivity index (χ4v) is 2.40. The lowest BCUT2D eigenvalue weighted by atomic mass is 10.1. The molecule has 2 rings (SSSR count). The summed E-state index contributed by atoms with van der Waals surface area (Å²) in [5.41, 5.74) is 2.42. The lowest BCUT2D eigenvalue weighted by molar-refractivity contribution is 0.0944. The van der Waals surface area contributed by atoms with Crippen LogP contribution in [-0.2, 0) is 6.54 Å². The fourth-order valence-electron chi connectivity index (χ4n) is 1.85. The molecule has 0 aliphatic heterocycles. The van der Waals surface area contributed by atoms with Gasteiger partial charge in [0.25, 0.3) is 5.91 Å². The molecule has 106 valence electrons. The normalized spacial score (nSPS) is 10.3. The zero-order valence-electron chi connectivity index (χ0n) is 11.2. The van der Waals surface area contributed by atoms with Gasteiger partial charge in [0.05, 0.1) is 13.2 Å². The molecule has 20 heavy (non-hydrogen) atoms. The van der Waals surface area contributed by atoms with E-state index < -0.39 is 0 Å². The Balaban J connectivity index is 2.08. The van der Waals surface area contributed by atoms with Crippen molar-refractivity contribution in [3.05, 3.63) is 45.9 Å². The van der Waals surface area contributed by atoms with Crippen molar-refractivity contribution in [2.45, 2.75) is 13.5 Å². The predicted molar refractivity (Wildman–Crippen MR) is 80.0 cm³/mol. The maximum atomic E-state index is 11.9. The predicted octanol–water partition coefficient (Wildman–Crippen LogP) is 1.79. The van der Waals surface area contributed by atoms with E-state index in [2.05, 4.69) is 15.6 Å². The first kappa shape index (κ1) is 14.5. The van der Waals surface area contributed by atoms with Crippen molar-refractivity contribution in [3.63, 3.8) is 0 Å². The van der Waals surface area contributed by atoms with Crippen LogP contribution >= 0.6 is 11.3 Å². The van der Waals surface area contributed by atoms with E-state index in [4.69, 9.17) is 5.11 Å². The van der Waals surface area contributed by atoms with Crippen molar-refractivity contribution in [1.29, 1.82) is 0 Å². The van der Waals surface area contributed by atoms with Gasteiger partial charge < -0.3 is 15.7 Å². The molecule has 0 saturated carbocycles. The van der Waals surface area contributed by atoms with Crippen LogP contribution in [0.5, 0.6) is 0 Å². The summed E-state index contributed by atoms with van der Waals surface area (Å²) in [6, 6.07) is 5.55. The summed E-state index contributed by atoms with van der Waals surface area (Å²) in [6.07, 6.45) is 1.77. The van der Waals surface area contributed by atoms with Gasteiger partial charge in [-0.15, -0.1) is 11.3 Å². The first-order valence-electron chi connectivity index (χ1n) is 6.33. The van der Waals surface area contributed by atoms with Crippen LogP contribution < -0.4 is 10.6 Å². The molecule has 0 atom stereocenters. The Hall–Kier alpha value is -1.92. The molecule has 0 spiro atoms. The topological polar surface area (TPSA) is 74.2 Å². The molecule has 0 unspecified atom stereocenters. The number of thiazole rings is 1. The number of carbonyl (C=O) groups excluding carboxylic acids is 1. The lowest BCUT2D eigenvalue weighted by Crippen LogP contribution is -2.27. The Labute approximate surface area is 121 Å². The standard InChI is InChI=1S/C14H17N3O2S/c1-10-11(14(19)16-5-7-18)3-2-4-12(10)17-9-13-15-6-8-20-13/h2-4,6,8,17-18H,5,7,9H2,1H3,(H,16,19). The van der Waals surface area contributed by atoms with Crippen LogP contribution in [0.4, 0.5) is 5.69 Å². The monoisotopic (exact) mass is 291 g/mol. The van der Waals surface area contributed by atoms with E-state index in [1.807, 2.05) is 24.4 Å². The Morgan fingerprint density at radius 3 is 3.00 bits per heavy atom. The number of rotatable bonds is 6. The highest BCUT2D eigenvalue weighted by Gasteiger charge is 2.11. The average Bonchev–Trinajstić information content (AvgIpc) is 2.97. The molecule has 0 aliphatic carbocycles. The molecular weight excluding hydrogens is 274 g/mol. The van der Waals surface area contributed by atoms with Gasteiger partial charge in [-0.1, -0.05) is 6.07 Å². The first-order valence-corrected chi connectivity index (χ1v) is 7.21. The van der Waals surface area contributed by atoms with Crippen LogP contribution in [-0.4, -0.2) is 29.1 Å². The summed E-state index contributed by atoms with van der Waals surface area (Å²) < 4.78 is 0. The van der Waals surface area contributed by atoms with Crippen LogP contribution in [0.3, 0.4) is 0 Å². The van der Waals surface area contributed by atoms with Gasteiger partial charge in [0.15, 0.2) is 0 Å². The molecule has 2 aromatic rings. The first-order chi connectivity index (χ1) is 9.72. The van der Waals surface area contributed by atoms with Crippen LogP contribution in [0.15, 0.2) is 29.8 Å². The summed E-state index contributed by atoms with van der Waals surface area (Å²) in [5, 5.41) is 17.6. The highest BCUT2D eigenvalue weighted by atomic mass is 32.1. The molecule has 0 radical (unpaired) electrons. The third-order valence-electron chi connectivity index (χ3n) is 2.89. The minimum absolute atomic E-state index is 0.0627. The van der Waals surface area contributed by atoms with Gasteiger partial charge in [-0.05, 0) is 24.6 Å². The number of anilines is 1. The second-order valence-corrected chi connectivity index (χ2v) is 5.22. The largest absolute Gasteiger partial charge is 0.395 e. The summed E-state index contributed by atoms with van der Waals surface area (Å²) in [5.74, 6) is -0.172. The Kier molecular flexibility index (Phi) is 5.09. The zero-order chi connectivity index (χ0) is 14.4. The number of hydrogen-bond acceptors (Lipinski definition) is 5. The molecular formula is C14H17N3O2S. The highest BCUT2D eigenvalue weighted by Crippen LogP contribution is 2.20. The van der Waals surface area contributed by atoms with Gasteiger partial charge in [-0.3, -0.25) is 4.79 Å². The number of aliphatic hydroxyl groups excluding tert-OH is 1. The summed E-state index contributed by atoms with van der Waals surface area (Å²) in [7, 11) is 0. The molecule has 0 saturated heterocycles. The van der Waals surface area contributed by atoms with Crippen molar-refractivity contribution in [2.24, 2.45) is 0 Å². The maximum Gasteiger partial charge on any atom is 0.251 e. The van der Waals surface area contributed by atoms with E-state index >= 15 is 0 Å². The third-order valence-corrected chi connectivity index (χ3v) is 3.67. The highest BCUT2D eigenvalue weighted by molar-refractivity contribution is 7.09. The number of aromatic nitrogens is 1. The Morgan fingerprint density at radius 1 is 1.45 bits per heavy atom. The van der Waals surface area contributed by atoms with Crippen molar-refractivity contribution in [3.8, 4) is 0 Å². The minimum Gasteiger partial charge on any atom is -0.395 e. The van der Waals surface area contributed by atoms with Gasteiger partial charge in [-0.25, -0.2) is 4.98 Å². The number of hydrogen-bond donors (Lipinski definition) is 3. The SMILES string of the molecule is Cc1c(NCc2nccs2)cccc1C(=O)NCCO. The molecule has 1 heterocycles. The minimum atomic E-state index is -0.172.